The second kappa shape index (κ2) is 12.3. The minimum atomic E-state index is -3.47. The van der Waals surface area contributed by atoms with Crippen LogP contribution in [-0.4, -0.2) is 28.5 Å². The van der Waals surface area contributed by atoms with Crippen LogP contribution in [-0.2, 0) is 9.59 Å². The van der Waals surface area contributed by atoms with E-state index in [0.29, 0.717) is 17.2 Å². The van der Waals surface area contributed by atoms with E-state index in [-0.39, 0.29) is 37.4 Å². The van der Waals surface area contributed by atoms with Crippen molar-refractivity contribution in [3.05, 3.63) is 84.8 Å². The van der Waals surface area contributed by atoms with E-state index in [0.717, 1.165) is 0 Å². The molecule has 3 aromatic carbocycles. The van der Waals surface area contributed by atoms with Crippen molar-refractivity contribution in [2.75, 3.05) is 16.0 Å². The molecule has 6 nitrogen and oxygen atoms in total. The predicted octanol–water partition coefficient (Wildman–Crippen LogP) is 8.87. The van der Waals surface area contributed by atoms with Crippen molar-refractivity contribution >= 4 is 104 Å². The average molecular weight is 706 g/mol. The van der Waals surface area contributed by atoms with Gasteiger partial charge in [-0.1, -0.05) is 46.4 Å². The van der Waals surface area contributed by atoms with Gasteiger partial charge in [0.25, 0.3) is 11.8 Å². The number of carbonyl (C=O) groups is 3. The quantitative estimate of drug-likeness (QED) is 0.130. The highest BCUT2D eigenvalue weighted by atomic mass is 35.5. The van der Waals surface area contributed by atoms with Crippen molar-refractivity contribution in [3.63, 3.8) is 0 Å². The third-order valence-electron chi connectivity index (χ3n) is 6.23. The molecule has 0 aromatic heterocycles. The lowest BCUT2D eigenvalue weighted by Crippen LogP contribution is -2.21. The minimum Gasteiger partial charge on any atom is -0.326 e. The minimum absolute atomic E-state index is 0.0713. The summed E-state index contributed by atoms with van der Waals surface area (Å²) in [5.41, 5.74) is -0.788. The highest BCUT2D eigenvalue weighted by molar-refractivity contribution is 6.54. The van der Waals surface area contributed by atoms with Crippen LogP contribution in [0.15, 0.2) is 36.4 Å². The third-order valence-corrected chi connectivity index (χ3v) is 8.87. The van der Waals surface area contributed by atoms with Gasteiger partial charge in [0, 0.05) is 17.7 Å². The zero-order valence-corrected chi connectivity index (χ0v) is 25.2. The van der Waals surface area contributed by atoms with Crippen LogP contribution in [0.5, 0.6) is 0 Å². The van der Waals surface area contributed by atoms with Crippen molar-refractivity contribution in [2.45, 2.75) is 23.6 Å². The second-order valence-corrected chi connectivity index (χ2v) is 12.1. The number of rotatable bonds is 7. The number of alkyl halides is 4. The maximum Gasteiger partial charge on any atom is 0.315 e. The van der Waals surface area contributed by atoms with Crippen LogP contribution >= 0.6 is 69.6 Å². The summed E-state index contributed by atoms with van der Waals surface area (Å²) in [6.07, 6.45) is -3.47. The first-order valence-electron chi connectivity index (χ1n) is 11.6. The van der Waals surface area contributed by atoms with Crippen LogP contribution in [0.4, 0.5) is 34.6 Å². The molecule has 0 spiro atoms. The highest BCUT2D eigenvalue weighted by Crippen LogP contribution is 2.65. The van der Waals surface area contributed by atoms with Gasteiger partial charge in [0.15, 0.2) is 0 Å². The van der Waals surface area contributed by atoms with Crippen molar-refractivity contribution in [2.24, 2.45) is 5.92 Å². The summed E-state index contributed by atoms with van der Waals surface area (Å²) in [4.78, 5) is 37.4. The highest BCUT2D eigenvalue weighted by Gasteiger charge is 2.67. The van der Waals surface area contributed by atoms with Gasteiger partial charge in [-0.15, -0.1) is 23.2 Å². The van der Waals surface area contributed by atoms with Gasteiger partial charge in [-0.05, 0) is 48.4 Å². The second-order valence-electron chi connectivity index (χ2n) is 9.13. The number of aryl methyl sites for hydroxylation is 1. The topological polar surface area (TPSA) is 87.3 Å². The van der Waals surface area contributed by atoms with Crippen LogP contribution < -0.4 is 16.0 Å². The number of amides is 3. The summed E-state index contributed by atoms with van der Waals surface area (Å²) in [7, 11) is 0. The number of carbonyl (C=O) groups excluding carboxylic acids is 3. The molecule has 1 aliphatic rings. The Kier molecular flexibility index (Phi) is 9.47. The molecule has 0 unspecified atom stereocenters. The molecule has 16 heteroatoms. The van der Waals surface area contributed by atoms with Crippen LogP contribution in [0.25, 0.3) is 0 Å². The maximum atomic E-state index is 14.4. The first kappa shape index (κ1) is 32.4. The Labute approximate surface area is 265 Å². The zero-order valence-electron chi connectivity index (χ0n) is 20.7. The lowest BCUT2D eigenvalue weighted by atomic mass is 10.1. The standard InChI is InChI=1S/C26H15Cl6F4N3O3/c1-8-2-10(37-24(41)19-18(26(19,31)32)9-3-12(27)21(30)13(28)4-9)5-11(20(8)29)23(40)38-16-7-17(15(34)6-14(16)33)39-25(42)22(35)36/h2-7,18-19,22H,1H3,(H,37,41)(H,38,40)(H,39,42)/t18-,19+/m0/s1. The summed E-state index contributed by atoms with van der Waals surface area (Å²) >= 11 is 37.3. The number of anilines is 3. The largest absolute Gasteiger partial charge is 0.326 e. The molecule has 1 fully saturated rings. The smallest absolute Gasteiger partial charge is 0.315 e. The van der Waals surface area contributed by atoms with E-state index < -0.39 is 63.3 Å². The molecule has 3 N–H and O–H groups in total. The number of hydrogen-bond donors (Lipinski definition) is 3. The molecule has 3 aromatic rings. The Bertz CT molecular complexity index is 1620. The number of nitrogens with one attached hydrogen (secondary N) is 3. The number of halogens is 10. The van der Waals surface area contributed by atoms with E-state index in [9.17, 15) is 31.9 Å². The van der Waals surface area contributed by atoms with Gasteiger partial charge in [-0.2, -0.15) is 8.78 Å². The summed E-state index contributed by atoms with van der Waals surface area (Å²) in [6, 6.07) is 6.52. The van der Waals surface area contributed by atoms with Gasteiger partial charge in [-0.3, -0.25) is 14.4 Å². The van der Waals surface area contributed by atoms with Gasteiger partial charge in [0.1, 0.15) is 16.0 Å². The first-order valence-corrected chi connectivity index (χ1v) is 13.8. The lowest BCUT2D eigenvalue weighted by Gasteiger charge is -2.14. The van der Waals surface area contributed by atoms with Gasteiger partial charge in [-0.25, -0.2) is 8.78 Å². The fourth-order valence-corrected chi connectivity index (χ4v) is 5.80. The molecule has 222 valence electrons. The molecule has 2 atom stereocenters. The Balaban J connectivity index is 1.56. The van der Waals surface area contributed by atoms with Crippen LogP contribution in [0, 0.1) is 24.5 Å². The molecule has 0 heterocycles. The molecule has 42 heavy (non-hydrogen) atoms. The van der Waals surface area contributed by atoms with Crippen LogP contribution in [0.3, 0.4) is 0 Å². The van der Waals surface area contributed by atoms with Crippen molar-refractivity contribution < 1.29 is 31.9 Å². The molecule has 0 saturated heterocycles. The first-order chi connectivity index (χ1) is 19.5. The van der Waals surface area contributed by atoms with E-state index in [1.165, 1.54) is 31.2 Å². The normalized spacial score (nSPS) is 17.1. The van der Waals surface area contributed by atoms with Gasteiger partial charge >= 0.3 is 6.43 Å². The average Bonchev–Trinajstić information content (AvgIpc) is 3.48. The van der Waals surface area contributed by atoms with E-state index >= 15 is 0 Å². The fourth-order valence-electron chi connectivity index (χ4n) is 4.17. The number of hydrogen-bond acceptors (Lipinski definition) is 3. The van der Waals surface area contributed by atoms with E-state index in [1.807, 2.05) is 0 Å². The van der Waals surface area contributed by atoms with Crippen molar-refractivity contribution in [1.29, 1.82) is 0 Å². The molecule has 4 rings (SSSR count). The molecule has 1 aliphatic carbocycles. The Morgan fingerprint density at radius 3 is 1.95 bits per heavy atom. The van der Waals surface area contributed by atoms with Gasteiger partial charge < -0.3 is 16.0 Å². The SMILES string of the molecule is Cc1cc(NC(=O)[C@H]2[C@H](c3cc(Cl)c(Cl)c(Cl)c3)C2(Cl)Cl)cc(C(=O)Nc2cc(NC(=O)C(F)F)c(F)cc2F)c1Cl. The Morgan fingerprint density at radius 1 is 0.810 bits per heavy atom. The molecular formula is C26H15Cl6F4N3O3. The monoisotopic (exact) mass is 703 g/mol. The molecule has 1 saturated carbocycles. The van der Waals surface area contributed by atoms with Crippen molar-refractivity contribution in [3.8, 4) is 0 Å². The molecule has 0 bridgehead atoms. The maximum absolute atomic E-state index is 14.4. The third kappa shape index (κ3) is 6.54. The predicted molar refractivity (Wildman–Crippen MR) is 156 cm³/mol. The molecule has 0 radical (unpaired) electrons. The molecular weight excluding hydrogens is 691 g/mol. The van der Waals surface area contributed by atoms with Crippen LogP contribution in [0.2, 0.25) is 20.1 Å². The van der Waals surface area contributed by atoms with Gasteiger partial charge in [0.2, 0.25) is 5.91 Å². The molecule has 3 amide bonds. The van der Waals surface area contributed by atoms with Crippen molar-refractivity contribution in [1.82, 2.24) is 0 Å². The zero-order chi connectivity index (χ0) is 31.3. The summed E-state index contributed by atoms with van der Waals surface area (Å²) in [5, 5.41) is 6.67. The van der Waals surface area contributed by atoms with E-state index in [2.05, 4.69) is 10.6 Å². The molecule has 0 aliphatic heterocycles. The van der Waals surface area contributed by atoms with Crippen LogP contribution in [0.1, 0.15) is 27.4 Å². The summed E-state index contributed by atoms with van der Waals surface area (Å²) in [5.74, 6) is -7.75. The lowest BCUT2D eigenvalue weighted by molar-refractivity contribution is -0.126. The Hall–Kier alpha value is -2.47. The Morgan fingerprint density at radius 2 is 1.38 bits per heavy atom. The summed E-state index contributed by atoms with van der Waals surface area (Å²) < 4.78 is 52.0. The summed E-state index contributed by atoms with van der Waals surface area (Å²) in [6.45, 7) is 1.52. The van der Waals surface area contributed by atoms with Gasteiger partial charge in [0.05, 0.1) is 42.9 Å². The fraction of sp³-hybridized carbons (Fsp3) is 0.192. The van der Waals surface area contributed by atoms with E-state index in [4.69, 9.17) is 69.6 Å². The number of benzene rings is 3. The van der Waals surface area contributed by atoms with E-state index in [1.54, 1.807) is 5.32 Å².